The summed E-state index contributed by atoms with van der Waals surface area (Å²) in [6.45, 7) is 4.20. The molecule has 0 atom stereocenters. The number of carbonyl (C=O) groups is 2. The van der Waals surface area contributed by atoms with Gasteiger partial charge in [0.05, 0.1) is 15.7 Å². The zero-order valence-electron chi connectivity index (χ0n) is 14.2. The van der Waals surface area contributed by atoms with Crippen LogP contribution in [0.3, 0.4) is 0 Å². The van der Waals surface area contributed by atoms with Crippen LogP contribution in [-0.4, -0.2) is 29.8 Å². The quantitative estimate of drug-likeness (QED) is 0.747. The van der Waals surface area contributed by atoms with Crippen molar-refractivity contribution in [1.82, 2.24) is 4.90 Å². The van der Waals surface area contributed by atoms with Gasteiger partial charge >= 0.3 is 0 Å². The molecule has 2 rings (SSSR count). The molecule has 0 aliphatic rings. The van der Waals surface area contributed by atoms with Gasteiger partial charge in [0.2, 0.25) is 11.8 Å². The molecule has 0 saturated carbocycles. The monoisotopic (exact) mass is 378 g/mol. The van der Waals surface area contributed by atoms with Crippen LogP contribution in [0.25, 0.3) is 0 Å². The predicted octanol–water partition coefficient (Wildman–Crippen LogP) is 4.40. The molecule has 0 radical (unpaired) electrons. The molecule has 4 nitrogen and oxygen atoms in total. The molecule has 0 bridgehead atoms. The molecule has 132 valence electrons. The Kier molecular flexibility index (Phi) is 6.85. The van der Waals surface area contributed by atoms with Crippen molar-refractivity contribution < 1.29 is 9.59 Å². The second kappa shape index (κ2) is 8.88. The predicted molar refractivity (Wildman–Crippen MR) is 102 cm³/mol. The fourth-order valence-corrected chi connectivity index (χ4v) is 3.11. The summed E-state index contributed by atoms with van der Waals surface area (Å²) in [5, 5.41) is 0.670. The number of nitrogens with zero attached hydrogens (tertiary/aromatic N) is 2. The summed E-state index contributed by atoms with van der Waals surface area (Å²) in [6, 6.07) is 14.7. The Bertz CT molecular complexity index is 730. The number of para-hydroxylation sites is 1. The third-order valence-electron chi connectivity index (χ3n) is 3.83. The van der Waals surface area contributed by atoms with Gasteiger partial charge in [0, 0.05) is 20.0 Å². The lowest BCUT2D eigenvalue weighted by atomic mass is 10.2. The van der Waals surface area contributed by atoms with E-state index in [-0.39, 0.29) is 18.4 Å². The topological polar surface area (TPSA) is 40.6 Å². The summed E-state index contributed by atoms with van der Waals surface area (Å²) in [5.74, 6) is -0.461. The first-order chi connectivity index (χ1) is 11.9. The van der Waals surface area contributed by atoms with Crippen LogP contribution < -0.4 is 4.90 Å². The van der Waals surface area contributed by atoms with Crippen molar-refractivity contribution in [2.24, 2.45) is 0 Å². The molecule has 6 heteroatoms. The second-order valence-corrected chi connectivity index (χ2v) is 6.38. The number of carbonyl (C=O) groups excluding carboxylic acids is 2. The Balaban J connectivity index is 2.20. The summed E-state index contributed by atoms with van der Waals surface area (Å²) < 4.78 is 0. The smallest absolute Gasteiger partial charge is 0.242 e. The van der Waals surface area contributed by atoms with Crippen molar-refractivity contribution in [2.75, 3.05) is 18.0 Å². The summed E-state index contributed by atoms with van der Waals surface area (Å²) >= 11 is 12.4. The van der Waals surface area contributed by atoms with E-state index < -0.39 is 0 Å². The van der Waals surface area contributed by atoms with E-state index >= 15 is 0 Å². The molecule has 2 aromatic carbocycles. The van der Waals surface area contributed by atoms with Crippen LogP contribution in [0.1, 0.15) is 19.4 Å². The number of hydrogen-bond acceptors (Lipinski definition) is 2. The Morgan fingerprint density at radius 3 is 2.08 bits per heavy atom. The van der Waals surface area contributed by atoms with Crippen LogP contribution in [0, 0.1) is 0 Å². The molecule has 25 heavy (non-hydrogen) atoms. The molecule has 0 fully saturated rings. The summed E-state index contributed by atoms with van der Waals surface area (Å²) in [4.78, 5) is 27.8. The third-order valence-corrected chi connectivity index (χ3v) is 4.44. The van der Waals surface area contributed by atoms with E-state index in [0.717, 1.165) is 5.56 Å². The minimum Gasteiger partial charge on any atom is -0.337 e. The number of rotatable bonds is 6. The number of anilines is 1. The van der Waals surface area contributed by atoms with Crippen LogP contribution in [0.5, 0.6) is 0 Å². The maximum absolute atomic E-state index is 12.7. The number of likely N-dealkylation sites (N-methyl/N-ethyl adjacent to an activating group) is 1. The van der Waals surface area contributed by atoms with E-state index in [4.69, 9.17) is 23.2 Å². The summed E-state index contributed by atoms with van der Waals surface area (Å²) in [6.07, 6.45) is 0. The van der Waals surface area contributed by atoms with Gasteiger partial charge in [-0.15, -0.1) is 0 Å². The average Bonchev–Trinajstić information content (AvgIpc) is 2.59. The van der Waals surface area contributed by atoms with Crippen molar-refractivity contribution in [1.29, 1.82) is 0 Å². The highest BCUT2D eigenvalue weighted by Crippen LogP contribution is 2.33. The van der Waals surface area contributed by atoms with E-state index in [1.807, 2.05) is 37.3 Å². The van der Waals surface area contributed by atoms with Crippen LogP contribution in [0.4, 0.5) is 5.69 Å². The summed E-state index contributed by atoms with van der Waals surface area (Å²) in [7, 11) is 0. The maximum Gasteiger partial charge on any atom is 0.242 e. The van der Waals surface area contributed by atoms with Crippen molar-refractivity contribution >= 4 is 40.7 Å². The van der Waals surface area contributed by atoms with E-state index in [2.05, 4.69) is 0 Å². The Morgan fingerprint density at radius 1 is 0.960 bits per heavy atom. The van der Waals surface area contributed by atoms with Gasteiger partial charge in [0.1, 0.15) is 6.54 Å². The molecule has 0 heterocycles. The first-order valence-corrected chi connectivity index (χ1v) is 8.73. The second-order valence-electron chi connectivity index (χ2n) is 5.57. The first-order valence-electron chi connectivity index (χ1n) is 7.97. The molecule has 0 aliphatic heterocycles. The minimum atomic E-state index is -0.292. The van der Waals surface area contributed by atoms with Gasteiger partial charge in [-0.3, -0.25) is 9.59 Å². The van der Waals surface area contributed by atoms with Gasteiger partial charge in [-0.25, -0.2) is 0 Å². The fraction of sp³-hybridized carbons (Fsp3) is 0.263. The van der Waals surface area contributed by atoms with Gasteiger partial charge < -0.3 is 9.80 Å². The number of hydrogen-bond donors (Lipinski definition) is 0. The van der Waals surface area contributed by atoms with Gasteiger partial charge in [0.25, 0.3) is 0 Å². The van der Waals surface area contributed by atoms with Crippen LogP contribution in [0.2, 0.25) is 10.0 Å². The van der Waals surface area contributed by atoms with Gasteiger partial charge in [-0.05, 0) is 24.6 Å². The highest BCUT2D eigenvalue weighted by atomic mass is 35.5. The lowest BCUT2D eigenvalue weighted by Gasteiger charge is -2.27. The molecule has 0 spiro atoms. The zero-order chi connectivity index (χ0) is 18.4. The summed E-state index contributed by atoms with van der Waals surface area (Å²) in [5.41, 5.74) is 1.39. The zero-order valence-corrected chi connectivity index (χ0v) is 15.7. The number of amides is 2. The van der Waals surface area contributed by atoms with Gasteiger partial charge in [-0.1, -0.05) is 59.6 Å². The van der Waals surface area contributed by atoms with Gasteiger partial charge in [0.15, 0.2) is 0 Å². The van der Waals surface area contributed by atoms with Gasteiger partial charge in [-0.2, -0.15) is 0 Å². The van der Waals surface area contributed by atoms with Crippen molar-refractivity contribution in [3.05, 3.63) is 64.1 Å². The molecule has 2 aromatic rings. The SMILES string of the molecule is CCN(Cc1ccccc1)C(=O)CN(C(C)=O)c1c(Cl)cccc1Cl. The fourth-order valence-electron chi connectivity index (χ4n) is 2.51. The highest BCUT2D eigenvalue weighted by Gasteiger charge is 2.23. The lowest BCUT2D eigenvalue weighted by Crippen LogP contribution is -2.42. The molecular formula is C19H20Cl2N2O2. The third kappa shape index (κ3) is 4.97. The molecule has 0 unspecified atom stereocenters. The standard InChI is InChI=1S/C19H20Cl2N2O2/c1-3-22(12-15-8-5-4-6-9-15)18(25)13-23(14(2)24)19-16(20)10-7-11-17(19)21/h4-11H,3,12-13H2,1-2H3. The van der Waals surface area contributed by atoms with E-state index in [1.165, 1.54) is 11.8 Å². The Morgan fingerprint density at radius 2 is 1.56 bits per heavy atom. The number of benzene rings is 2. The largest absolute Gasteiger partial charge is 0.337 e. The molecule has 0 N–H and O–H groups in total. The lowest BCUT2D eigenvalue weighted by molar-refractivity contribution is -0.131. The maximum atomic E-state index is 12.7. The van der Waals surface area contributed by atoms with Crippen LogP contribution in [-0.2, 0) is 16.1 Å². The van der Waals surface area contributed by atoms with E-state index in [0.29, 0.717) is 28.8 Å². The van der Waals surface area contributed by atoms with E-state index in [9.17, 15) is 9.59 Å². The Labute approximate surface area is 157 Å². The minimum absolute atomic E-state index is 0.112. The molecule has 2 amide bonds. The van der Waals surface area contributed by atoms with E-state index in [1.54, 1.807) is 23.1 Å². The first kappa shape index (κ1) is 19.3. The Hall–Kier alpha value is -2.04. The molecule has 0 aromatic heterocycles. The van der Waals surface area contributed by atoms with Crippen molar-refractivity contribution in [3.63, 3.8) is 0 Å². The molecular weight excluding hydrogens is 359 g/mol. The molecule has 0 saturated heterocycles. The number of halogens is 2. The van der Waals surface area contributed by atoms with Crippen LogP contribution >= 0.6 is 23.2 Å². The van der Waals surface area contributed by atoms with Crippen LogP contribution in [0.15, 0.2) is 48.5 Å². The highest BCUT2D eigenvalue weighted by molar-refractivity contribution is 6.40. The average molecular weight is 379 g/mol. The van der Waals surface area contributed by atoms with Crippen molar-refractivity contribution in [2.45, 2.75) is 20.4 Å². The normalized spacial score (nSPS) is 10.4. The van der Waals surface area contributed by atoms with Crippen molar-refractivity contribution in [3.8, 4) is 0 Å². The molecule has 0 aliphatic carbocycles.